The van der Waals surface area contributed by atoms with E-state index in [4.69, 9.17) is 4.98 Å². The molecule has 1 N–H and O–H groups in total. The van der Waals surface area contributed by atoms with Gasteiger partial charge in [-0.15, -0.1) is 11.3 Å². The van der Waals surface area contributed by atoms with Gasteiger partial charge in [-0.05, 0) is 36.1 Å². The van der Waals surface area contributed by atoms with Crippen LogP contribution in [0.1, 0.15) is 4.88 Å². The predicted molar refractivity (Wildman–Crippen MR) is 159 cm³/mol. The standard InChI is InChI=1S/C31H23N3O2S2/c1-20-27(22-12-4-2-5-13-22)28-29(38-20)33-31(34(30(28)36)23-15-6-3-7-16-23)37-19-26(35)32-25-18-10-14-21-11-8-9-17-24(21)25/h2-18H,19H2,1H3,(H,32,35). The van der Waals surface area contributed by atoms with Gasteiger partial charge in [-0.25, -0.2) is 4.98 Å². The minimum atomic E-state index is -0.160. The molecule has 6 rings (SSSR count). The number of thioether (sulfide) groups is 1. The Kier molecular flexibility index (Phi) is 6.54. The maximum atomic E-state index is 14.1. The average molecular weight is 534 g/mol. The van der Waals surface area contributed by atoms with E-state index in [0.29, 0.717) is 21.1 Å². The summed E-state index contributed by atoms with van der Waals surface area (Å²) in [7, 11) is 0. The summed E-state index contributed by atoms with van der Waals surface area (Å²) in [5.41, 5.74) is 3.25. The number of nitrogens with one attached hydrogen (secondary N) is 1. The van der Waals surface area contributed by atoms with Gasteiger partial charge in [0, 0.05) is 21.5 Å². The second kappa shape index (κ2) is 10.3. The summed E-state index contributed by atoms with van der Waals surface area (Å²) in [6.07, 6.45) is 0. The summed E-state index contributed by atoms with van der Waals surface area (Å²) in [5.74, 6) is -0.0446. The van der Waals surface area contributed by atoms with Crippen molar-refractivity contribution in [1.82, 2.24) is 9.55 Å². The van der Waals surface area contributed by atoms with Crippen LogP contribution < -0.4 is 10.9 Å². The van der Waals surface area contributed by atoms with Crippen molar-refractivity contribution < 1.29 is 4.79 Å². The number of fused-ring (bicyclic) bond motifs is 2. The molecule has 0 spiro atoms. The number of thiophene rings is 1. The van der Waals surface area contributed by atoms with Crippen LogP contribution in [0, 0.1) is 6.92 Å². The van der Waals surface area contributed by atoms with E-state index in [1.54, 1.807) is 4.57 Å². The number of amides is 1. The number of aryl methyl sites for hydroxylation is 1. The quantitative estimate of drug-likeness (QED) is 0.180. The van der Waals surface area contributed by atoms with Gasteiger partial charge in [-0.3, -0.25) is 14.2 Å². The van der Waals surface area contributed by atoms with Crippen LogP contribution in [0.2, 0.25) is 0 Å². The van der Waals surface area contributed by atoms with E-state index in [9.17, 15) is 9.59 Å². The van der Waals surface area contributed by atoms with Crippen LogP contribution in [0.5, 0.6) is 0 Å². The van der Waals surface area contributed by atoms with E-state index in [1.165, 1.54) is 23.1 Å². The van der Waals surface area contributed by atoms with Crippen molar-refractivity contribution in [3.05, 3.63) is 118 Å². The number of hydrogen-bond acceptors (Lipinski definition) is 5. The lowest BCUT2D eigenvalue weighted by Crippen LogP contribution is -2.22. The number of para-hydroxylation sites is 1. The number of benzene rings is 4. The molecule has 38 heavy (non-hydrogen) atoms. The van der Waals surface area contributed by atoms with Gasteiger partial charge in [0.1, 0.15) is 4.83 Å². The number of carbonyl (C=O) groups excluding carboxylic acids is 1. The largest absolute Gasteiger partial charge is 0.325 e. The minimum absolute atomic E-state index is 0.115. The first-order chi connectivity index (χ1) is 18.6. The normalized spacial score (nSPS) is 11.2. The fraction of sp³-hybridized carbons (Fsp3) is 0.0645. The first-order valence-electron chi connectivity index (χ1n) is 12.2. The highest BCUT2D eigenvalue weighted by Gasteiger charge is 2.21. The third-order valence-electron chi connectivity index (χ3n) is 6.34. The molecule has 0 fully saturated rings. The number of nitrogens with zero attached hydrogens (tertiary/aromatic N) is 2. The van der Waals surface area contributed by atoms with Crippen molar-refractivity contribution in [2.45, 2.75) is 12.1 Å². The molecule has 0 aliphatic carbocycles. The van der Waals surface area contributed by atoms with Crippen molar-refractivity contribution in [3.8, 4) is 16.8 Å². The minimum Gasteiger partial charge on any atom is -0.325 e. The number of aromatic nitrogens is 2. The molecule has 0 atom stereocenters. The zero-order valence-electron chi connectivity index (χ0n) is 20.5. The second-order valence-electron chi connectivity index (χ2n) is 8.81. The molecular weight excluding hydrogens is 510 g/mol. The highest BCUT2D eigenvalue weighted by atomic mass is 32.2. The number of rotatable bonds is 6. The van der Waals surface area contributed by atoms with E-state index in [1.807, 2.05) is 110 Å². The maximum Gasteiger partial charge on any atom is 0.268 e. The lowest BCUT2D eigenvalue weighted by atomic mass is 10.0. The lowest BCUT2D eigenvalue weighted by molar-refractivity contribution is -0.113. The molecule has 186 valence electrons. The van der Waals surface area contributed by atoms with Crippen LogP contribution in [0.25, 0.3) is 37.8 Å². The van der Waals surface area contributed by atoms with Gasteiger partial charge in [-0.2, -0.15) is 0 Å². The van der Waals surface area contributed by atoms with Crippen LogP contribution in [0.15, 0.2) is 113 Å². The highest BCUT2D eigenvalue weighted by Crippen LogP contribution is 2.37. The topological polar surface area (TPSA) is 64.0 Å². The molecule has 6 aromatic rings. The van der Waals surface area contributed by atoms with E-state index in [0.717, 1.165) is 32.5 Å². The molecule has 0 saturated heterocycles. The summed E-state index contributed by atoms with van der Waals surface area (Å²) < 4.78 is 1.62. The van der Waals surface area contributed by atoms with E-state index in [-0.39, 0.29) is 17.2 Å². The van der Waals surface area contributed by atoms with Crippen molar-refractivity contribution in [2.24, 2.45) is 0 Å². The fourth-order valence-corrected chi connectivity index (χ4v) is 6.55. The Balaban J connectivity index is 1.39. The Bertz CT molecular complexity index is 1840. The van der Waals surface area contributed by atoms with Crippen LogP contribution in [-0.2, 0) is 4.79 Å². The Hall–Kier alpha value is -4.20. The van der Waals surface area contributed by atoms with Crippen LogP contribution in [0.4, 0.5) is 5.69 Å². The predicted octanol–water partition coefficient (Wildman–Crippen LogP) is 7.31. The summed E-state index contributed by atoms with van der Waals surface area (Å²) >= 11 is 2.77. The van der Waals surface area contributed by atoms with Gasteiger partial charge in [0.25, 0.3) is 5.56 Å². The molecule has 0 bridgehead atoms. The zero-order chi connectivity index (χ0) is 26.1. The molecule has 0 radical (unpaired) electrons. The average Bonchev–Trinajstić information content (AvgIpc) is 3.29. The number of carbonyl (C=O) groups is 1. The number of anilines is 1. The molecule has 4 aromatic carbocycles. The van der Waals surface area contributed by atoms with Crippen LogP contribution in [0.3, 0.4) is 0 Å². The summed E-state index contributed by atoms with van der Waals surface area (Å²) in [5, 5.41) is 6.16. The van der Waals surface area contributed by atoms with Crippen molar-refractivity contribution in [1.29, 1.82) is 0 Å². The Labute approximate surface area is 227 Å². The van der Waals surface area contributed by atoms with Gasteiger partial charge in [0.05, 0.1) is 16.8 Å². The highest BCUT2D eigenvalue weighted by molar-refractivity contribution is 7.99. The van der Waals surface area contributed by atoms with Crippen molar-refractivity contribution >= 4 is 55.7 Å². The first-order valence-corrected chi connectivity index (χ1v) is 14.0. The van der Waals surface area contributed by atoms with Crippen molar-refractivity contribution in [2.75, 3.05) is 11.1 Å². The SMILES string of the molecule is Cc1sc2nc(SCC(=O)Nc3cccc4ccccc34)n(-c3ccccc3)c(=O)c2c1-c1ccccc1. The van der Waals surface area contributed by atoms with Gasteiger partial charge >= 0.3 is 0 Å². The van der Waals surface area contributed by atoms with Gasteiger partial charge < -0.3 is 5.32 Å². The van der Waals surface area contributed by atoms with Crippen LogP contribution >= 0.6 is 23.1 Å². The monoisotopic (exact) mass is 533 g/mol. The molecule has 0 saturated carbocycles. The van der Waals surface area contributed by atoms with E-state index >= 15 is 0 Å². The van der Waals surface area contributed by atoms with E-state index < -0.39 is 0 Å². The summed E-state index contributed by atoms with van der Waals surface area (Å²) in [4.78, 5) is 33.7. The Morgan fingerprint density at radius 2 is 1.58 bits per heavy atom. The van der Waals surface area contributed by atoms with Gasteiger partial charge in [0.2, 0.25) is 5.91 Å². The molecule has 0 unspecified atom stereocenters. The van der Waals surface area contributed by atoms with E-state index in [2.05, 4.69) is 5.32 Å². The zero-order valence-corrected chi connectivity index (χ0v) is 22.2. The molecular formula is C31H23N3O2S2. The van der Waals surface area contributed by atoms with Gasteiger partial charge in [0.15, 0.2) is 5.16 Å². The molecule has 2 aromatic heterocycles. The molecule has 0 aliphatic heterocycles. The molecule has 2 heterocycles. The maximum absolute atomic E-state index is 14.1. The fourth-order valence-electron chi connectivity index (χ4n) is 4.65. The smallest absolute Gasteiger partial charge is 0.268 e. The first kappa shape index (κ1) is 24.2. The summed E-state index contributed by atoms with van der Waals surface area (Å²) in [6.45, 7) is 2.02. The second-order valence-corrected chi connectivity index (χ2v) is 11.0. The van der Waals surface area contributed by atoms with Gasteiger partial charge in [-0.1, -0.05) is 96.7 Å². The molecule has 7 heteroatoms. The lowest BCUT2D eigenvalue weighted by Gasteiger charge is -2.13. The molecule has 5 nitrogen and oxygen atoms in total. The Morgan fingerprint density at radius 3 is 2.37 bits per heavy atom. The third-order valence-corrected chi connectivity index (χ3v) is 8.28. The third kappa shape index (κ3) is 4.51. The van der Waals surface area contributed by atoms with Crippen LogP contribution in [-0.4, -0.2) is 21.2 Å². The number of hydrogen-bond donors (Lipinski definition) is 1. The molecule has 1 amide bonds. The molecule has 0 aliphatic rings. The summed E-state index contributed by atoms with van der Waals surface area (Å²) in [6, 6.07) is 33.2. The van der Waals surface area contributed by atoms with Crippen molar-refractivity contribution in [3.63, 3.8) is 0 Å². The Morgan fingerprint density at radius 1 is 0.895 bits per heavy atom.